The van der Waals surface area contributed by atoms with E-state index in [0.717, 1.165) is 29.8 Å². The van der Waals surface area contributed by atoms with E-state index in [-0.39, 0.29) is 5.75 Å². The Labute approximate surface area is 180 Å². The molecule has 3 aromatic rings. The van der Waals surface area contributed by atoms with Gasteiger partial charge >= 0.3 is 6.61 Å². The van der Waals surface area contributed by atoms with E-state index in [0.29, 0.717) is 5.95 Å². The first-order valence-corrected chi connectivity index (χ1v) is 10.5. The van der Waals surface area contributed by atoms with Crippen LogP contribution in [0.25, 0.3) is 11.1 Å². The minimum atomic E-state index is -2.84. The van der Waals surface area contributed by atoms with Crippen LogP contribution in [-0.2, 0) is 6.42 Å². The second kappa shape index (κ2) is 10.3. The summed E-state index contributed by atoms with van der Waals surface area (Å²) in [6, 6.07) is 8.46. The number of rotatable bonds is 8. The fourth-order valence-electron chi connectivity index (χ4n) is 3.66. The van der Waals surface area contributed by atoms with Crippen LogP contribution in [0.2, 0.25) is 0 Å². The van der Waals surface area contributed by atoms with Crippen molar-refractivity contribution >= 4 is 11.6 Å². The number of aromatic nitrogens is 3. The number of piperidine rings is 1. The van der Waals surface area contributed by atoms with E-state index in [1.165, 1.54) is 50.0 Å². The maximum absolute atomic E-state index is 12.3. The number of hydrogen-bond acceptors (Lipinski definition) is 6. The molecule has 0 unspecified atom stereocenters. The SMILES string of the molecule is FC(F)Oc1ccc(-c2cnc(Nc3cncc(CCN4CCCCC4)c3)nc2)cc1. The number of anilines is 2. The van der Waals surface area contributed by atoms with Crippen LogP contribution < -0.4 is 10.1 Å². The van der Waals surface area contributed by atoms with Gasteiger partial charge in [0, 0.05) is 30.7 Å². The summed E-state index contributed by atoms with van der Waals surface area (Å²) in [6.07, 6.45) is 11.9. The van der Waals surface area contributed by atoms with E-state index >= 15 is 0 Å². The quantitative estimate of drug-likeness (QED) is 0.553. The Morgan fingerprint density at radius 1 is 0.935 bits per heavy atom. The van der Waals surface area contributed by atoms with Gasteiger partial charge in [-0.3, -0.25) is 4.98 Å². The molecule has 1 aromatic carbocycles. The Balaban J connectivity index is 1.35. The molecule has 2 aromatic heterocycles. The molecule has 4 rings (SSSR count). The van der Waals surface area contributed by atoms with Crippen molar-refractivity contribution in [3.63, 3.8) is 0 Å². The van der Waals surface area contributed by atoms with Crippen molar-refractivity contribution in [2.24, 2.45) is 0 Å². The second-order valence-corrected chi connectivity index (χ2v) is 7.56. The molecule has 0 aliphatic carbocycles. The van der Waals surface area contributed by atoms with Crippen LogP contribution >= 0.6 is 0 Å². The van der Waals surface area contributed by atoms with E-state index < -0.39 is 6.61 Å². The minimum absolute atomic E-state index is 0.116. The molecule has 0 amide bonds. The molecular formula is C23H25F2N5O. The largest absolute Gasteiger partial charge is 0.435 e. The molecule has 0 radical (unpaired) electrons. The van der Waals surface area contributed by atoms with Gasteiger partial charge in [0.1, 0.15) is 5.75 Å². The molecule has 0 spiro atoms. The van der Waals surface area contributed by atoms with Crippen molar-refractivity contribution in [1.82, 2.24) is 19.9 Å². The first-order valence-electron chi connectivity index (χ1n) is 10.5. The zero-order valence-electron chi connectivity index (χ0n) is 17.2. The average Bonchev–Trinajstić information content (AvgIpc) is 2.79. The summed E-state index contributed by atoms with van der Waals surface area (Å²) in [6.45, 7) is 0.593. The van der Waals surface area contributed by atoms with Gasteiger partial charge in [-0.1, -0.05) is 18.6 Å². The lowest BCUT2D eigenvalue weighted by Gasteiger charge is -2.26. The van der Waals surface area contributed by atoms with Gasteiger partial charge in [0.25, 0.3) is 0 Å². The van der Waals surface area contributed by atoms with Crippen molar-refractivity contribution in [2.45, 2.75) is 32.3 Å². The van der Waals surface area contributed by atoms with Crippen molar-refractivity contribution in [3.8, 4) is 16.9 Å². The lowest BCUT2D eigenvalue weighted by atomic mass is 10.1. The summed E-state index contributed by atoms with van der Waals surface area (Å²) in [5.41, 5.74) is 3.62. The van der Waals surface area contributed by atoms with Gasteiger partial charge in [0.15, 0.2) is 0 Å². The zero-order valence-corrected chi connectivity index (χ0v) is 17.2. The Bertz CT molecular complexity index is 960. The minimum Gasteiger partial charge on any atom is -0.435 e. The Kier molecular flexibility index (Phi) is 6.99. The summed E-state index contributed by atoms with van der Waals surface area (Å²) in [7, 11) is 0. The highest BCUT2D eigenvalue weighted by atomic mass is 19.3. The molecular weight excluding hydrogens is 400 g/mol. The number of hydrogen-bond donors (Lipinski definition) is 1. The molecule has 1 aliphatic heterocycles. The number of nitrogens with zero attached hydrogens (tertiary/aromatic N) is 4. The van der Waals surface area contributed by atoms with Crippen molar-refractivity contribution in [1.29, 1.82) is 0 Å². The second-order valence-electron chi connectivity index (χ2n) is 7.56. The highest BCUT2D eigenvalue weighted by Crippen LogP contribution is 2.23. The first kappa shape index (κ1) is 21.1. The standard InChI is InChI=1S/C23H25F2N5O/c24-22(25)31-21-6-4-18(5-7-21)19-14-27-23(28-15-19)29-20-12-17(13-26-16-20)8-11-30-9-2-1-3-10-30/h4-7,12-16,22H,1-3,8-11H2,(H,27,28,29). The predicted octanol–water partition coefficient (Wildman–Crippen LogP) is 4.91. The molecule has 1 fully saturated rings. The van der Waals surface area contributed by atoms with Crippen LogP contribution in [0.4, 0.5) is 20.4 Å². The number of halogens is 2. The van der Waals surface area contributed by atoms with Crippen molar-refractivity contribution in [3.05, 3.63) is 60.7 Å². The Morgan fingerprint density at radius 3 is 2.39 bits per heavy atom. The summed E-state index contributed by atoms with van der Waals surface area (Å²) in [5, 5.41) is 3.19. The predicted molar refractivity (Wildman–Crippen MR) is 116 cm³/mol. The molecule has 0 atom stereocenters. The van der Waals surface area contributed by atoms with Gasteiger partial charge in [-0.15, -0.1) is 0 Å². The number of nitrogens with one attached hydrogen (secondary N) is 1. The number of alkyl halides is 2. The van der Waals surface area contributed by atoms with Crippen LogP contribution in [0.5, 0.6) is 5.75 Å². The third-order valence-corrected chi connectivity index (χ3v) is 5.28. The third-order valence-electron chi connectivity index (χ3n) is 5.28. The maximum Gasteiger partial charge on any atom is 0.387 e. The average molecular weight is 425 g/mol. The smallest absolute Gasteiger partial charge is 0.387 e. The fraction of sp³-hybridized carbons (Fsp3) is 0.348. The normalized spacial score (nSPS) is 14.5. The lowest BCUT2D eigenvalue weighted by molar-refractivity contribution is -0.0498. The van der Waals surface area contributed by atoms with Crippen LogP contribution in [0.3, 0.4) is 0 Å². The third kappa shape index (κ3) is 6.18. The monoisotopic (exact) mass is 425 g/mol. The van der Waals surface area contributed by atoms with Gasteiger partial charge in [0.2, 0.25) is 5.95 Å². The van der Waals surface area contributed by atoms with Crippen LogP contribution in [0.15, 0.2) is 55.1 Å². The molecule has 3 heterocycles. The van der Waals surface area contributed by atoms with Crippen molar-refractivity contribution in [2.75, 3.05) is 25.0 Å². The number of ether oxygens (including phenoxy) is 1. The van der Waals surface area contributed by atoms with Crippen LogP contribution in [0.1, 0.15) is 24.8 Å². The van der Waals surface area contributed by atoms with Crippen LogP contribution in [-0.4, -0.2) is 46.1 Å². The van der Waals surface area contributed by atoms with Gasteiger partial charge in [-0.05, 0) is 61.7 Å². The van der Waals surface area contributed by atoms with Gasteiger partial charge in [-0.25, -0.2) is 9.97 Å². The van der Waals surface area contributed by atoms with Gasteiger partial charge < -0.3 is 15.0 Å². The maximum atomic E-state index is 12.3. The number of pyridine rings is 1. The van der Waals surface area contributed by atoms with E-state index in [1.807, 2.05) is 6.20 Å². The summed E-state index contributed by atoms with van der Waals surface area (Å²) < 4.78 is 28.9. The molecule has 1 saturated heterocycles. The Hall–Kier alpha value is -3.13. The molecule has 8 heteroatoms. The van der Waals surface area contributed by atoms with Gasteiger partial charge in [-0.2, -0.15) is 8.78 Å². The summed E-state index contributed by atoms with van der Waals surface area (Å²) in [5.74, 6) is 0.585. The highest BCUT2D eigenvalue weighted by molar-refractivity contribution is 5.63. The molecule has 0 bridgehead atoms. The van der Waals surface area contributed by atoms with Gasteiger partial charge in [0.05, 0.1) is 11.9 Å². The topological polar surface area (TPSA) is 63.2 Å². The molecule has 6 nitrogen and oxygen atoms in total. The van der Waals surface area contributed by atoms with E-state index in [9.17, 15) is 8.78 Å². The molecule has 162 valence electrons. The first-order chi connectivity index (χ1) is 15.2. The number of likely N-dealkylation sites (tertiary alicyclic amines) is 1. The molecule has 31 heavy (non-hydrogen) atoms. The zero-order chi connectivity index (χ0) is 21.5. The molecule has 1 aliphatic rings. The lowest BCUT2D eigenvalue weighted by Crippen LogP contribution is -2.31. The summed E-state index contributed by atoms with van der Waals surface area (Å²) in [4.78, 5) is 15.6. The summed E-state index contributed by atoms with van der Waals surface area (Å²) >= 11 is 0. The van der Waals surface area contributed by atoms with Crippen molar-refractivity contribution < 1.29 is 13.5 Å². The van der Waals surface area contributed by atoms with Crippen LogP contribution in [0, 0.1) is 0 Å². The van der Waals surface area contributed by atoms with E-state index in [1.54, 1.807) is 30.7 Å². The number of benzene rings is 1. The highest BCUT2D eigenvalue weighted by Gasteiger charge is 2.10. The molecule has 1 N–H and O–H groups in total. The van der Waals surface area contributed by atoms with E-state index in [4.69, 9.17) is 0 Å². The Morgan fingerprint density at radius 2 is 1.68 bits per heavy atom. The molecule has 0 saturated carbocycles. The van der Waals surface area contributed by atoms with E-state index in [2.05, 4.69) is 36.0 Å². The fourth-order valence-corrected chi connectivity index (χ4v) is 3.66.